The highest BCUT2D eigenvalue weighted by Gasteiger charge is 2.27. The predicted molar refractivity (Wildman–Crippen MR) is 222 cm³/mol. The molecule has 1 aromatic rings. The van der Waals surface area contributed by atoms with Crippen LogP contribution in [-0.2, 0) is 16.7 Å². The molecule has 0 amide bonds. The Morgan fingerprint density at radius 1 is 0.431 bits per heavy atom. The molecule has 0 aliphatic rings. The summed E-state index contributed by atoms with van der Waals surface area (Å²) in [7, 11) is -4.45. The SMILES string of the molecule is CCCCCCCCCCCCC[N+](CCCCCCCCCCCCC)(CCCCCCCCCCCCC)Cc1cccc(S(=O)(=O)[O-])c1. The molecular formula is C46H87NO3S. The van der Waals surface area contributed by atoms with Gasteiger partial charge in [0.25, 0.3) is 0 Å². The average molecular weight is 734 g/mol. The maximum atomic E-state index is 11.9. The molecular weight excluding hydrogens is 647 g/mol. The van der Waals surface area contributed by atoms with Crippen molar-refractivity contribution in [2.75, 3.05) is 19.6 Å². The van der Waals surface area contributed by atoms with Gasteiger partial charge in [0.15, 0.2) is 0 Å². The number of benzene rings is 1. The van der Waals surface area contributed by atoms with Crippen LogP contribution in [0, 0.1) is 0 Å². The van der Waals surface area contributed by atoms with Gasteiger partial charge in [-0.15, -0.1) is 0 Å². The first-order valence-corrected chi connectivity index (χ1v) is 24.2. The van der Waals surface area contributed by atoms with E-state index in [4.69, 9.17) is 0 Å². The Morgan fingerprint density at radius 3 is 0.980 bits per heavy atom. The van der Waals surface area contributed by atoms with Crippen LogP contribution in [-0.4, -0.2) is 37.1 Å². The summed E-state index contributed by atoms with van der Waals surface area (Å²) in [6.07, 6.45) is 44.7. The lowest BCUT2D eigenvalue weighted by Gasteiger charge is -2.40. The summed E-state index contributed by atoms with van der Waals surface area (Å²) in [6, 6.07) is 6.99. The van der Waals surface area contributed by atoms with E-state index in [1.165, 1.54) is 238 Å². The van der Waals surface area contributed by atoms with Gasteiger partial charge in [0.2, 0.25) is 0 Å². The molecule has 1 rings (SSSR count). The second-order valence-electron chi connectivity index (χ2n) is 16.4. The van der Waals surface area contributed by atoms with Crippen molar-refractivity contribution >= 4 is 10.1 Å². The molecule has 51 heavy (non-hydrogen) atoms. The number of nitrogens with zero attached hydrogens (tertiary/aromatic N) is 1. The maximum Gasteiger partial charge on any atom is 0.124 e. The van der Waals surface area contributed by atoms with Crippen LogP contribution < -0.4 is 0 Å². The van der Waals surface area contributed by atoms with Crippen molar-refractivity contribution < 1.29 is 17.5 Å². The van der Waals surface area contributed by atoms with Crippen LogP contribution >= 0.6 is 0 Å². The summed E-state index contributed by atoms with van der Waals surface area (Å²) in [5.41, 5.74) is 1.01. The molecule has 0 unspecified atom stereocenters. The van der Waals surface area contributed by atoms with Crippen LogP contribution in [0.25, 0.3) is 0 Å². The number of hydrogen-bond donors (Lipinski definition) is 0. The summed E-state index contributed by atoms with van der Waals surface area (Å²) in [6.45, 7) is 11.2. The van der Waals surface area contributed by atoms with Gasteiger partial charge in [-0.1, -0.05) is 206 Å². The van der Waals surface area contributed by atoms with Gasteiger partial charge in [-0.2, -0.15) is 0 Å². The van der Waals surface area contributed by atoms with Crippen molar-refractivity contribution in [3.63, 3.8) is 0 Å². The Balaban J connectivity index is 2.78. The molecule has 0 atom stereocenters. The topological polar surface area (TPSA) is 57.2 Å². The Labute approximate surface area is 320 Å². The third kappa shape index (κ3) is 28.2. The normalized spacial score (nSPS) is 12.2. The summed E-state index contributed by atoms with van der Waals surface area (Å²) in [4.78, 5) is -0.0721. The van der Waals surface area contributed by atoms with E-state index in [1.807, 2.05) is 0 Å². The minimum absolute atomic E-state index is 0.0721. The smallest absolute Gasteiger partial charge is 0.124 e. The summed E-state index contributed by atoms with van der Waals surface area (Å²) in [5.74, 6) is 0. The second-order valence-corrected chi connectivity index (χ2v) is 17.8. The fourth-order valence-electron chi connectivity index (χ4n) is 8.09. The lowest BCUT2D eigenvalue weighted by molar-refractivity contribution is -0.941. The van der Waals surface area contributed by atoms with Gasteiger partial charge < -0.3 is 9.04 Å². The number of quaternary nitrogens is 1. The highest BCUT2D eigenvalue weighted by atomic mass is 32.2. The monoisotopic (exact) mass is 734 g/mol. The lowest BCUT2D eigenvalue weighted by Crippen LogP contribution is -2.49. The molecule has 0 fully saturated rings. The fourth-order valence-corrected chi connectivity index (χ4v) is 8.63. The van der Waals surface area contributed by atoms with Crippen molar-refractivity contribution in [1.82, 2.24) is 0 Å². The molecule has 0 radical (unpaired) electrons. The van der Waals surface area contributed by atoms with E-state index in [0.29, 0.717) is 0 Å². The van der Waals surface area contributed by atoms with Crippen LogP contribution in [0.3, 0.4) is 0 Å². The van der Waals surface area contributed by atoms with Crippen LogP contribution in [0.15, 0.2) is 29.2 Å². The predicted octanol–water partition coefficient (Wildman–Crippen LogP) is 14.8. The van der Waals surface area contributed by atoms with Crippen molar-refractivity contribution in [3.8, 4) is 0 Å². The highest BCUT2D eigenvalue weighted by molar-refractivity contribution is 7.85. The zero-order chi connectivity index (χ0) is 37.1. The quantitative estimate of drug-likeness (QED) is 0.0384. The number of hydrogen-bond acceptors (Lipinski definition) is 3. The third-order valence-corrected chi connectivity index (χ3v) is 12.2. The molecule has 0 bridgehead atoms. The van der Waals surface area contributed by atoms with E-state index in [1.54, 1.807) is 12.1 Å². The largest absolute Gasteiger partial charge is 0.744 e. The van der Waals surface area contributed by atoms with E-state index < -0.39 is 10.1 Å². The Bertz CT molecular complexity index is 929. The maximum absolute atomic E-state index is 11.9. The molecule has 0 N–H and O–H groups in total. The highest BCUT2D eigenvalue weighted by Crippen LogP contribution is 2.24. The Hall–Kier alpha value is -0.910. The molecule has 5 heteroatoms. The molecule has 0 saturated carbocycles. The summed E-state index contributed by atoms with van der Waals surface area (Å²) in [5, 5.41) is 0. The van der Waals surface area contributed by atoms with Crippen LogP contribution in [0.5, 0.6) is 0 Å². The minimum atomic E-state index is -4.45. The van der Waals surface area contributed by atoms with Gasteiger partial charge in [0.1, 0.15) is 16.7 Å². The zero-order valence-corrected chi connectivity index (χ0v) is 35.4. The van der Waals surface area contributed by atoms with Crippen molar-refractivity contribution in [1.29, 1.82) is 0 Å². The van der Waals surface area contributed by atoms with E-state index >= 15 is 0 Å². The Kier molecular flexibility index (Phi) is 31.7. The van der Waals surface area contributed by atoms with E-state index in [9.17, 15) is 13.0 Å². The van der Waals surface area contributed by atoms with Gasteiger partial charge in [0.05, 0.1) is 24.5 Å². The molecule has 1 aromatic carbocycles. The standard InChI is InChI=1S/C46H87NO3S/c1-4-7-10-13-16-19-22-25-28-31-34-40-47(44-45-38-37-39-46(43-45)51(48,49)50,41-35-32-29-26-23-20-17-14-11-8-5-2)42-36-33-30-27-24-21-18-15-12-9-6-3/h37-39,43H,4-36,40-42,44H2,1-3H3. The molecule has 0 aliphatic carbocycles. The number of rotatable bonds is 39. The lowest BCUT2D eigenvalue weighted by atomic mass is 10.0. The molecule has 0 saturated heterocycles. The third-order valence-electron chi connectivity index (χ3n) is 11.4. The summed E-state index contributed by atoms with van der Waals surface area (Å²) < 4.78 is 36.9. The van der Waals surface area contributed by atoms with Gasteiger partial charge in [-0.3, -0.25) is 0 Å². The molecule has 0 aliphatic heterocycles. The second kappa shape index (κ2) is 33.6. The minimum Gasteiger partial charge on any atom is -0.744 e. The summed E-state index contributed by atoms with van der Waals surface area (Å²) >= 11 is 0. The van der Waals surface area contributed by atoms with E-state index in [0.717, 1.165) is 16.6 Å². The molecule has 0 spiro atoms. The van der Waals surface area contributed by atoms with Gasteiger partial charge in [-0.05, 0) is 50.7 Å². The first-order chi connectivity index (χ1) is 24.9. The number of unbranched alkanes of at least 4 members (excludes halogenated alkanes) is 30. The fraction of sp³-hybridized carbons (Fsp3) is 0.870. The zero-order valence-electron chi connectivity index (χ0n) is 34.6. The van der Waals surface area contributed by atoms with E-state index in [-0.39, 0.29) is 4.90 Å². The molecule has 0 heterocycles. The average Bonchev–Trinajstić information content (AvgIpc) is 3.11. The van der Waals surface area contributed by atoms with Crippen LogP contribution in [0.2, 0.25) is 0 Å². The van der Waals surface area contributed by atoms with Crippen LogP contribution in [0.4, 0.5) is 0 Å². The van der Waals surface area contributed by atoms with Gasteiger partial charge >= 0.3 is 0 Å². The molecule has 4 nitrogen and oxygen atoms in total. The van der Waals surface area contributed by atoms with Crippen molar-refractivity contribution in [2.24, 2.45) is 0 Å². The van der Waals surface area contributed by atoms with Gasteiger partial charge in [0, 0.05) is 5.56 Å². The Morgan fingerprint density at radius 2 is 0.706 bits per heavy atom. The van der Waals surface area contributed by atoms with Crippen molar-refractivity contribution in [2.45, 2.75) is 244 Å². The van der Waals surface area contributed by atoms with E-state index in [2.05, 4.69) is 26.8 Å². The van der Waals surface area contributed by atoms with Crippen LogP contribution in [0.1, 0.15) is 238 Å². The first-order valence-electron chi connectivity index (χ1n) is 22.8. The first kappa shape index (κ1) is 48.1. The molecule has 0 aromatic heterocycles. The van der Waals surface area contributed by atoms with Crippen molar-refractivity contribution in [3.05, 3.63) is 29.8 Å². The molecule has 300 valence electrons. The van der Waals surface area contributed by atoms with Gasteiger partial charge in [-0.25, -0.2) is 8.42 Å².